The number of nitrogens with two attached hydrogens (primary N) is 1. The number of pyridine rings is 2. The van der Waals surface area contributed by atoms with E-state index in [-0.39, 0.29) is 17.4 Å². The Bertz CT molecular complexity index is 1010. The number of amides is 1. The fraction of sp³-hybridized carbons (Fsp3) is 0.278. The molecule has 8 heteroatoms. The Hall–Kier alpha value is -3.29. The van der Waals surface area contributed by atoms with Crippen LogP contribution in [-0.2, 0) is 4.79 Å². The molecule has 0 spiro atoms. The highest BCUT2D eigenvalue weighted by Gasteiger charge is 2.25. The number of aromatic nitrogens is 4. The van der Waals surface area contributed by atoms with Crippen LogP contribution < -0.4 is 16.2 Å². The van der Waals surface area contributed by atoms with Gasteiger partial charge in [0.05, 0.1) is 11.1 Å². The third-order valence-corrected chi connectivity index (χ3v) is 4.73. The first-order chi connectivity index (χ1) is 12.6. The molecule has 3 aromatic rings. The van der Waals surface area contributed by atoms with Gasteiger partial charge in [-0.15, -0.1) is 0 Å². The van der Waals surface area contributed by atoms with E-state index in [1.54, 1.807) is 18.5 Å². The molecule has 1 amide bonds. The lowest BCUT2D eigenvalue weighted by Gasteiger charge is -2.30. The standard InChI is InChI=1S/C18H18N6O2/c19-15(25)11-5-9-24(10-6-11)18-22-16-14(17(26)23-18)12(4-8-21-16)13-3-1-2-7-20-13/h1-4,7-8,11H,5-6,9-10H2,(H2,19,25)(H,21,22,23,26). The largest absolute Gasteiger partial charge is 0.369 e. The summed E-state index contributed by atoms with van der Waals surface area (Å²) in [5, 5.41) is 0.418. The van der Waals surface area contributed by atoms with Gasteiger partial charge in [0.15, 0.2) is 5.65 Å². The van der Waals surface area contributed by atoms with Gasteiger partial charge in [0.25, 0.3) is 5.56 Å². The molecule has 1 aliphatic rings. The molecule has 0 unspecified atom stereocenters. The zero-order chi connectivity index (χ0) is 18.1. The molecule has 4 rings (SSSR count). The highest BCUT2D eigenvalue weighted by molar-refractivity contribution is 5.91. The topological polar surface area (TPSA) is 118 Å². The molecular weight excluding hydrogens is 332 g/mol. The zero-order valence-corrected chi connectivity index (χ0v) is 14.1. The van der Waals surface area contributed by atoms with E-state index < -0.39 is 0 Å². The number of carbonyl (C=O) groups is 1. The van der Waals surface area contributed by atoms with E-state index >= 15 is 0 Å². The van der Waals surface area contributed by atoms with Crippen LogP contribution in [0.1, 0.15) is 12.8 Å². The first-order valence-electron chi connectivity index (χ1n) is 8.48. The van der Waals surface area contributed by atoms with E-state index in [0.29, 0.717) is 54.2 Å². The maximum Gasteiger partial charge on any atom is 0.262 e. The second-order valence-electron chi connectivity index (χ2n) is 6.33. The number of anilines is 1. The number of aromatic amines is 1. The quantitative estimate of drug-likeness (QED) is 0.730. The molecule has 3 N–H and O–H groups in total. The molecule has 1 saturated heterocycles. The minimum absolute atomic E-state index is 0.118. The van der Waals surface area contributed by atoms with E-state index in [1.807, 2.05) is 23.1 Å². The van der Waals surface area contributed by atoms with Gasteiger partial charge in [-0.1, -0.05) is 6.07 Å². The van der Waals surface area contributed by atoms with Crippen molar-refractivity contribution >= 4 is 22.9 Å². The summed E-state index contributed by atoms with van der Waals surface area (Å²) in [4.78, 5) is 42.0. The van der Waals surface area contributed by atoms with Gasteiger partial charge in [-0.25, -0.2) is 4.98 Å². The molecule has 26 heavy (non-hydrogen) atoms. The van der Waals surface area contributed by atoms with Gasteiger partial charge in [-0.05, 0) is 31.0 Å². The number of nitrogens with one attached hydrogen (secondary N) is 1. The Balaban J connectivity index is 1.73. The molecule has 0 aliphatic carbocycles. The van der Waals surface area contributed by atoms with E-state index in [9.17, 15) is 9.59 Å². The van der Waals surface area contributed by atoms with Crippen LogP contribution in [0.25, 0.3) is 22.3 Å². The predicted octanol–water partition coefficient (Wildman–Crippen LogP) is 1.08. The third-order valence-electron chi connectivity index (χ3n) is 4.73. The highest BCUT2D eigenvalue weighted by Crippen LogP contribution is 2.24. The molecule has 132 valence electrons. The lowest BCUT2D eigenvalue weighted by molar-refractivity contribution is -0.122. The highest BCUT2D eigenvalue weighted by atomic mass is 16.1. The van der Waals surface area contributed by atoms with Crippen LogP contribution in [0.4, 0.5) is 5.95 Å². The van der Waals surface area contributed by atoms with Crippen molar-refractivity contribution in [1.29, 1.82) is 0 Å². The Morgan fingerprint density at radius 3 is 2.65 bits per heavy atom. The summed E-state index contributed by atoms with van der Waals surface area (Å²) in [5.41, 5.74) is 6.89. The monoisotopic (exact) mass is 350 g/mol. The normalized spacial score (nSPS) is 15.3. The molecule has 3 aromatic heterocycles. The van der Waals surface area contributed by atoms with E-state index in [4.69, 9.17) is 5.73 Å². The van der Waals surface area contributed by atoms with Gasteiger partial charge in [-0.2, -0.15) is 4.98 Å². The van der Waals surface area contributed by atoms with Crippen molar-refractivity contribution < 1.29 is 4.79 Å². The summed E-state index contributed by atoms with van der Waals surface area (Å²) in [5.74, 6) is 0.0784. The number of piperidine rings is 1. The number of H-pyrrole nitrogens is 1. The van der Waals surface area contributed by atoms with Crippen LogP contribution >= 0.6 is 0 Å². The zero-order valence-electron chi connectivity index (χ0n) is 14.1. The molecule has 0 bridgehead atoms. The average Bonchev–Trinajstić information content (AvgIpc) is 2.68. The van der Waals surface area contributed by atoms with Crippen LogP contribution in [0.3, 0.4) is 0 Å². The minimum atomic E-state index is -0.272. The van der Waals surface area contributed by atoms with Crippen molar-refractivity contribution in [2.24, 2.45) is 11.7 Å². The second kappa shape index (κ2) is 6.55. The summed E-state index contributed by atoms with van der Waals surface area (Å²) in [6.07, 6.45) is 4.61. The molecule has 0 atom stereocenters. The SMILES string of the molecule is NC(=O)C1CCN(c2nc3nccc(-c4ccccn4)c3c(=O)[nH]2)CC1. The van der Waals surface area contributed by atoms with Gasteiger partial charge >= 0.3 is 0 Å². The number of hydrogen-bond acceptors (Lipinski definition) is 6. The minimum Gasteiger partial charge on any atom is -0.369 e. The number of rotatable bonds is 3. The van der Waals surface area contributed by atoms with Crippen LogP contribution in [-0.4, -0.2) is 38.9 Å². The van der Waals surface area contributed by atoms with Gasteiger partial charge in [0.2, 0.25) is 11.9 Å². The molecule has 0 saturated carbocycles. The summed E-state index contributed by atoms with van der Waals surface area (Å²) in [6, 6.07) is 7.30. The second-order valence-corrected chi connectivity index (χ2v) is 6.33. The Kier molecular flexibility index (Phi) is 4.08. The summed E-state index contributed by atoms with van der Waals surface area (Å²) >= 11 is 0. The number of nitrogens with zero attached hydrogens (tertiary/aromatic N) is 4. The number of hydrogen-bond donors (Lipinski definition) is 2. The first kappa shape index (κ1) is 16.2. The lowest BCUT2D eigenvalue weighted by atomic mass is 9.96. The number of carbonyl (C=O) groups excluding carboxylic acids is 1. The molecule has 1 aliphatic heterocycles. The van der Waals surface area contributed by atoms with Crippen LogP contribution in [0.2, 0.25) is 0 Å². The molecular formula is C18H18N6O2. The molecule has 1 fully saturated rings. The average molecular weight is 350 g/mol. The fourth-order valence-electron chi connectivity index (χ4n) is 3.31. The Morgan fingerprint density at radius 2 is 1.96 bits per heavy atom. The molecule has 0 aromatic carbocycles. The molecule has 8 nitrogen and oxygen atoms in total. The van der Waals surface area contributed by atoms with E-state index in [0.717, 1.165) is 0 Å². The smallest absolute Gasteiger partial charge is 0.262 e. The number of fused-ring (bicyclic) bond motifs is 1. The Morgan fingerprint density at radius 1 is 1.15 bits per heavy atom. The predicted molar refractivity (Wildman–Crippen MR) is 97.5 cm³/mol. The van der Waals surface area contributed by atoms with Gasteiger partial charge in [0.1, 0.15) is 0 Å². The Labute approximate surface area is 149 Å². The van der Waals surface area contributed by atoms with Crippen molar-refractivity contribution in [2.75, 3.05) is 18.0 Å². The van der Waals surface area contributed by atoms with Gasteiger partial charge in [-0.3, -0.25) is 19.6 Å². The fourth-order valence-corrected chi connectivity index (χ4v) is 3.31. The lowest BCUT2D eigenvalue weighted by Crippen LogP contribution is -2.40. The van der Waals surface area contributed by atoms with Crippen molar-refractivity contribution in [1.82, 2.24) is 19.9 Å². The van der Waals surface area contributed by atoms with E-state index in [2.05, 4.69) is 19.9 Å². The molecule has 4 heterocycles. The third kappa shape index (κ3) is 2.90. The van der Waals surface area contributed by atoms with E-state index in [1.165, 1.54) is 0 Å². The van der Waals surface area contributed by atoms with Crippen molar-refractivity contribution in [2.45, 2.75) is 12.8 Å². The number of primary amides is 1. The maximum absolute atomic E-state index is 12.7. The van der Waals surface area contributed by atoms with Crippen molar-refractivity contribution in [3.8, 4) is 11.3 Å². The van der Waals surface area contributed by atoms with Crippen LogP contribution in [0.5, 0.6) is 0 Å². The summed E-state index contributed by atoms with van der Waals surface area (Å²) in [7, 11) is 0. The molecule has 0 radical (unpaired) electrons. The first-order valence-corrected chi connectivity index (χ1v) is 8.48. The van der Waals surface area contributed by atoms with Gasteiger partial charge < -0.3 is 10.6 Å². The van der Waals surface area contributed by atoms with Crippen LogP contribution in [0.15, 0.2) is 41.5 Å². The summed E-state index contributed by atoms with van der Waals surface area (Å²) < 4.78 is 0. The van der Waals surface area contributed by atoms with Gasteiger partial charge in [0, 0.05) is 37.0 Å². The maximum atomic E-state index is 12.7. The summed E-state index contributed by atoms with van der Waals surface area (Å²) in [6.45, 7) is 1.23. The van der Waals surface area contributed by atoms with Crippen LogP contribution in [0, 0.1) is 5.92 Å². The van der Waals surface area contributed by atoms with Crippen molar-refractivity contribution in [3.63, 3.8) is 0 Å². The van der Waals surface area contributed by atoms with Crippen molar-refractivity contribution in [3.05, 3.63) is 47.0 Å².